The van der Waals surface area contributed by atoms with Crippen molar-refractivity contribution < 1.29 is 19.4 Å². The van der Waals surface area contributed by atoms with Crippen LogP contribution in [0, 0.1) is 0 Å². The summed E-state index contributed by atoms with van der Waals surface area (Å²) >= 11 is 0. The van der Waals surface area contributed by atoms with Crippen LogP contribution in [-0.4, -0.2) is 40.8 Å². The number of hydrogen-bond acceptors (Lipinski definition) is 3. The van der Waals surface area contributed by atoms with Crippen molar-refractivity contribution in [3.05, 3.63) is 12.2 Å². The average Bonchev–Trinajstić information content (AvgIpc) is 2.11. The van der Waals surface area contributed by atoms with E-state index in [0.29, 0.717) is 0 Å². The number of carboxylic acid groups (broad SMARTS) is 1. The van der Waals surface area contributed by atoms with Crippen molar-refractivity contribution in [3.8, 4) is 0 Å². The molecule has 1 N–H and O–H groups in total. The van der Waals surface area contributed by atoms with Gasteiger partial charge in [0.2, 0.25) is 0 Å². The largest absolute Gasteiger partial charge is 0.478 e. The van der Waals surface area contributed by atoms with E-state index in [2.05, 4.69) is 6.58 Å². The number of likely N-dealkylation sites (N-methyl/N-ethyl adjacent to an activating group) is 1. The van der Waals surface area contributed by atoms with E-state index < -0.39 is 23.7 Å². The van der Waals surface area contributed by atoms with Crippen LogP contribution in [0.4, 0.5) is 4.79 Å². The second-order valence-corrected chi connectivity index (χ2v) is 4.60. The molecule has 16 heavy (non-hydrogen) atoms. The molecule has 0 spiro atoms. The van der Waals surface area contributed by atoms with Crippen LogP contribution in [-0.2, 0) is 9.53 Å². The number of carbonyl (C=O) groups is 2. The van der Waals surface area contributed by atoms with E-state index in [4.69, 9.17) is 9.84 Å². The molecule has 0 aromatic heterocycles. The minimum absolute atomic E-state index is 0.0478. The fourth-order valence-electron chi connectivity index (χ4n) is 0.904. The first-order valence-corrected chi connectivity index (χ1v) is 4.94. The molecule has 0 bridgehead atoms. The van der Waals surface area contributed by atoms with E-state index in [1.807, 2.05) is 0 Å². The van der Waals surface area contributed by atoms with Crippen LogP contribution in [0.5, 0.6) is 0 Å². The van der Waals surface area contributed by atoms with E-state index in [1.165, 1.54) is 11.9 Å². The summed E-state index contributed by atoms with van der Waals surface area (Å²) in [5.74, 6) is -1.12. The summed E-state index contributed by atoms with van der Waals surface area (Å²) in [5, 5.41) is 8.74. The Morgan fingerprint density at radius 1 is 1.38 bits per heavy atom. The van der Waals surface area contributed by atoms with Crippen LogP contribution in [0.15, 0.2) is 12.2 Å². The molecule has 0 saturated heterocycles. The smallest absolute Gasteiger partial charge is 0.410 e. The summed E-state index contributed by atoms with van der Waals surface area (Å²) in [7, 11) is 1.48. The van der Waals surface area contributed by atoms with E-state index in [9.17, 15) is 9.59 Å². The van der Waals surface area contributed by atoms with E-state index in [1.54, 1.807) is 27.7 Å². The normalized spacial score (nSPS) is 12.8. The number of ether oxygens (including phenoxy) is 1. The molecule has 0 saturated carbocycles. The Bertz CT molecular complexity index is 304. The lowest BCUT2D eigenvalue weighted by molar-refractivity contribution is -0.133. The molecule has 0 fully saturated rings. The van der Waals surface area contributed by atoms with Crippen LogP contribution in [0.2, 0.25) is 0 Å². The molecule has 0 aliphatic carbocycles. The van der Waals surface area contributed by atoms with Gasteiger partial charge in [-0.25, -0.2) is 9.59 Å². The zero-order valence-electron chi connectivity index (χ0n) is 10.4. The Balaban J connectivity index is 4.56. The van der Waals surface area contributed by atoms with Gasteiger partial charge in [0.15, 0.2) is 0 Å². The van der Waals surface area contributed by atoms with Gasteiger partial charge in [-0.1, -0.05) is 6.58 Å². The Morgan fingerprint density at radius 2 is 1.81 bits per heavy atom. The van der Waals surface area contributed by atoms with Gasteiger partial charge in [0.25, 0.3) is 0 Å². The molecule has 5 heteroatoms. The van der Waals surface area contributed by atoms with Crippen LogP contribution < -0.4 is 0 Å². The van der Waals surface area contributed by atoms with Crippen molar-refractivity contribution in [2.24, 2.45) is 0 Å². The van der Waals surface area contributed by atoms with E-state index >= 15 is 0 Å². The van der Waals surface area contributed by atoms with Crippen molar-refractivity contribution in [3.63, 3.8) is 0 Å². The number of carbonyl (C=O) groups excluding carboxylic acids is 1. The first kappa shape index (κ1) is 14.5. The second-order valence-electron chi connectivity index (χ2n) is 4.60. The molecule has 92 valence electrons. The Hall–Kier alpha value is -1.52. The molecule has 0 aliphatic heterocycles. The van der Waals surface area contributed by atoms with E-state index in [-0.39, 0.29) is 5.57 Å². The molecule has 0 aliphatic rings. The second kappa shape index (κ2) is 5.01. The Labute approximate surface area is 95.7 Å². The fraction of sp³-hybridized carbons (Fsp3) is 0.636. The summed E-state index contributed by atoms with van der Waals surface area (Å²) in [5.41, 5.74) is -0.649. The van der Waals surface area contributed by atoms with Crippen LogP contribution in [0.3, 0.4) is 0 Å². The lowest BCUT2D eigenvalue weighted by Crippen LogP contribution is -2.41. The third-order valence-corrected chi connectivity index (χ3v) is 2.04. The topological polar surface area (TPSA) is 66.8 Å². The summed E-state index contributed by atoms with van der Waals surface area (Å²) in [4.78, 5) is 23.5. The Kier molecular flexibility index (Phi) is 4.53. The molecule has 1 amide bonds. The SMILES string of the molecule is C=C(C(=O)O)C(C)N(C)C(=O)OC(C)(C)C. The summed E-state index contributed by atoms with van der Waals surface area (Å²) in [6.07, 6.45) is -0.567. The lowest BCUT2D eigenvalue weighted by Gasteiger charge is -2.28. The maximum atomic E-state index is 11.6. The van der Waals surface area contributed by atoms with Crippen molar-refractivity contribution in [2.45, 2.75) is 39.3 Å². The van der Waals surface area contributed by atoms with Gasteiger partial charge < -0.3 is 14.7 Å². The predicted octanol–water partition coefficient (Wildman–Crippen LogP) is 1.88. The minimum Gasteiger partial charge on any atom is -0.478 e. The number of rotatable bonds is 3. The van der Waals surface area contributed by atoms with Gasteiger partial charge in [-0.3, -0.25) is 0 Å². The first-order valence-electron chi connectivity index (χ1n) is 4.94. The third-order valence-electron chi connectivity index (χ3n) is 2.04. The number of hydrogen-bond donors (Lipinski definition) is 1. The summed E-state index contributed by atoms with van der Waals surface area (Å²) in [6.45, 7) is 10.2. The molecule has 0 rings (SSSR count). The average molecular weight is 229 g/mol. The molecule has 0 aromatic rings. The van der Waals surface area contributed by atoms with Crippen molar-refractivity contribution >= 4 is 12.1 Å². The highest BCUT2D eigenvalue weighted by atomic mass is 16.6. The van der Waals surface area contributed by atoms with E-state index in [0.717, 1.165) is 0 Å². The fourth-order valence-corrected chi connectivity index (χ4v) is 0.904. The highest BCUT2D eigenvalue weighted by Crippen LogP contribution is 2.13. The summed E-state index contributed by atoms with van der Waals surface area (Å²) < 4.78 is 5.10. The Morgan fingerprint density at radius 3 is 2.12 bits per heavy atom. The minimum atomic E-state index is -1.12. The van der Waals surface area contributed by atoms with Crippen LogP contribution in [0.25, 0.3) is 0 Å². The van der Waals surface area contributed by atoms with Crippen molar-refractivity contribution in [1.82, 2.24) is 4.90 Å². The quantitative estimate of drug-likeness (QED) is 0.750. The highest BCUT2D eigenvalue weighted by molar-refractivity contribution is 5.88. The maximum absolute atomic E-state index is 11.6. The van der Waals surface area contributed by atoms with Crippen molar-refractivity contribution in [1.29, 1.82) is 0 Å². The molecular weight excluding hydrogens is 210 g/mol. The zero-order chi connectivity index (χ0) is 13.1. The molecule has 5 nitrogen and oxygen atoms in total. The zero-order valence-corrected chi connectivity index (χ0v) is 10.4. The van der Waals surface area contributed by atoms with Gasteiger partial charge in [0.05, 0.1) is 11.6 Å². The van der Waals surface area contributed by atoms with Gasteiger partial charge in [-0.2, -0.15) is 0 Å². The third kappa shape index (κ3) is 4.33. The molecule has 0 aromatic carbocycles. The highest BCUT2D eigenvalue weighted by Gasteiger charge is 2.26. The molecule has 1 unspecified atom stereocenters. The van der Waals surface area contributed by atoms with Crippen LogP contribution >= 0.6 is 0 Å². The van der Waals surface area contributed by atoms with Gasteiger partial charge in [-0.15, -0.1) is 0 Å². The van der Waals surface area contributed by atoms with Gasteiger partial charge in [0.1, 0.15) is 5.60 Å². The standard InChI is InChI=1S/C11H19NO4/c1-7(9(13)14)8(2)12(6)10(15)16-11(3,4)5/h8H,1H2,2-6H3,(H,13,14). The molecular formula is C11H19NO4. The van der Waals surface area contributed by atoms with Crippen molar-refractivity contribution in [2.75, 3.05) is 7.05 Å². The molecule has 0 radical (unpaired) electrons. The molecule has 1 atom stereocenters. The van der Waals surface area contributed by atoms with Gasteiger partial charge in [0, 0.05) is 7.05 Å². The first-order chi connectivity index (χ1) is 7.06. The number of amides is 1. The monoisotopic (exact) mass is 229 g/mol. The van der Waals surface area contributed by atoms with Crippen LogP contribution in [0.1, 0.15) is 27.7 Å². The predicted molar refractivity (Wildman–Crippen MR) is 60.2 cm³/mol. The summed E-state index contributed by atoms with van der Waals surface area (Å²) in [6, 6.07) is -0.604. The van der Waals surface area contributed by atoms with Gasteiger partial charge in [-0.05, 0) is 27.7 Å². The number of carboxylic acids is 1. The number of nitrogens with zero attached hydrogens (tertiary/aromatic N) is 1. The number of aliphatic carboxylic acids is 1. The molecule has 0 heterocycles. The van der Waals surface area contributed by atoms with Gasteiger partial charge >= 0.3 is 12.1 Å². The lowest BCUT2D eigenvalue weighted by atomic mass is 10.1. The maximum Gasteiger partial charge on any atom is 0.410 e.